The highest BCUT2D eigenvalue weighted by Gasteiger charge is 2.01. The standard InChI is InChI=1S/C10H10ClN3/c1-8-2-3-9(10(11)6-8)7-14-5-4-12-13-14/h2-6H,7H2,1H3. The summed E-state index contributed by atoms with van der Waals surface area (Å²) in [7, 11) is 0. The molecule has 0 amide bonds. The van der Waals surface area contributed by atoms with Gasteiger partial charge in [0.25, 0.3) is 0 Å². The number of benzene rings is 1. The van der Waals surface area contributed by atoms with Crippen LogP contribution in [0.2, 0.25) is 5.02 Å². The molecule has 0 N–H and O–H groups in total. The van der Waals surface area contributed by atoms with Crippen molar-refractivity contribution in [1.29, 1.82) is 0 Å². The van der Waals surface area contributed by atoms with Crippen LogP contribution in [-0.4, -0.2) is 15.0 Å². The Labute approximate surface area is 87.3 Å². The van der Waals surface area contributed by atoms with E-state index < -0.39 is 0 Å². The third-order valence-electron chi connectivity index (χ3n) is 2.01. The summed E-state index contributed by atoms with van der Waals surface area (Å²) in [4.78, 5) is 0. The Morgan fingerprint density at radius 1 is 1.43 bits per heavy atom. The summed E-state index contributed by atoms with van der Waals surface area (Å²) in [6.45, 7) is 2.68. The predicted octanol–water partition coefficient (Wildman–Crippen LogP) is 2.29. The van der Waals surface area contributed by atoms with Crippen molar-refractivity contribution in [2.24, 2.45) is 0 Å². The molecule has 14 heavy (non-hydrogen) atoms. The van der Waals surface area contributed by atoms with Gasteiger partial charge in [0, 0.05) is 11.2 Å². The van der Waals surface area contributed by atoms with Gasteiger partial charge in [0.2, 0.25) is 0 Å². The molecule has 4 heteroatoms. The van der Waals surface area contributed by atoms with Crippen molar-refractivity contribution < 1.29 is 0 Å². The molecule has 0 spiro atoms. The maximum atomic E-state index is 6.08. The lowest BCUT2D eigenvalue weighted by molar-refractivity contribution is 0.649. The summed E-state index contributed by atoms with van der Waals surface area (Å²) < 4.78 is 1.75. The van der Waals surface area contributed by atoms with Crippen LogP contribution in [0.25, 0.3) is 0 Å². The first-order valence-corrected chi connectivity index (χ1v) is 4.72. The monoisotopic (exact) mass is 207 g/mol. The van der Waals surface area contributed by atoms with Crippen LogP contribution >= 0.6 is 11.6 Å². The molecule has 2 aromatic rings. The van der Waals surface area contributed by atoms with E-state index in [1.54, 1.807) is 10.9 Å². The molecule has 0 aliphatic rings. The molecule has 2 rings (SSSR count). The van der Waals surface area contributed by atoms with E-state index in [0.29, 0.717) is 6.54 Å². The van der Waals surface area contributed by atoms with Crippen molar-refractivity contribution in [2.75, 3.05) is 0 Å². The van der Waals surface area contributed by atoms with Crippen molar-refractivity contribution in [2.45, 2.75) is 13.5 Å². The van der Waals surface area contributed by atoms with Gasteiger partial charge in [0.05, 0.1) is 12.7 Å². The van der Waals surface area contributed by atoms with Gasteiger partial charge < -0.3 is 0 Å². The van der Waals surface area contributed by atoms with Crippen LogP contribution in [0.4, 0.5) is 0 Å². The van der Waals surface area contributed by atoms with Gasteiger partial charge >= 0.3 is 0 Å². The van der Waals surface area contributed by atoms with Crippen molar-refractivity contribution >= 4 is 11.6 Å². The molecule has 1 aromatic heterocycles. The maximum Gasteiger partial charge on any atom is 0.0693 e. The molecular formula is C10H10ClN3. The van der Waals surface area contributed by atoms with E-state index in [1.165, 1.54) is 0 Å². The van der Waals surface area contributed by atoms with E-state index in [9.17, 15) is 0 Å². The highest BCUT2D eigenvalue weighted by Crippen LogP contribution is 2.18. The molecule has 1 aromatic carbocycles. The quantitative estimate of drug-likeness (QED) is 0.757. The van der Waals surface area contributed by atoms with E-state index in [0.717, 1.165) is 16.1 Å². The molecule has 0 aliphatic carbocycles. The molecular weight excluding hydrogens is 198 g/mol. The Bertz CT molecular complexity index is 423. The summed E-state index contributed by atoms with van der Waals surface area (Å²) in [6, 6.07) is 6.01. The third-order valence-corrected chi connectivity index (χ3v) is 2.36. The molecule has 0 bridgehead atoms. The predicted molar refractivity (Wildman–Crippen MR) is 55.3 cm³/mol. The van der Waals surface area contributed by atoms with Crippen LogP contribution in [0.15, 0.2) is 30.6 Å². The zero-order chi connectivity index (χ0) is 9.97. The SMILES string of the molecule is Cc1ccc(Cn2ccnn2)c(Cl)c1. The van der Waals surface area contributed by atoms with Gasteiger partial charge in [0.15, 0.2) is 0 Å². The molecule has 0 unspecified atom stereocenters. The summed E-state index contributed by atoms with van der Waals surface area (Å²) >= 11 is 6.08. The minimum atomic E-state index is 0.666. The fraction of sp³-hybridized carbons (Fsp3) is 0.200. The molecule has 0 saturated heterocycles. The van der Waals surface area contributed by atoms with Crippen LogP contribution in [0.3, 0.4) is 0 Å². The number of hydrogen-bond acceptors (Lipinski definition) is 2. The average Bonchev–Trinajstić information content (AvgIpc) is 2.62. The normalized spacial score (nSPS) is 10.4. The van der Waals surface area contributed by atoms with Crippen molar-refractivity contribution in [3.63, 3.8) is 0 Å². The highest BCUT2D eigenvalue weighted by atomic mass is 35.5. The Morgan fingerprint density at radius 3 is 2.93 bits per heavy atom. The summed E-state index contributed by atoms with van der Waals surface area (Å²) in [6.07, 6.45) is 3.47. The van der Waals surface area contributed by atoms with Gasteiger partial charge in [-0.15, -0.1) is 5.10 Å². The van der Waals surface area contributed by atoms with Gasteiger partial charge in [-0.1, -0.05) is 28.9 Å². The molecule has 3 nitrogen and oxygen atoms in total. The van der Waals surface area contributed by atoms with Crippen LogP contribution in [0.1, 0.15) is 11.1 Å². The molecule has 0 fully saturated rings. The Morgan fingerprint density at radius 2 is 2.29 bits per heavy atom. The van der Waals surface area contributed by atoms with E-state index in [1.807, 2.05) is 31.3 Å². The van der Waals surface area contributed by atoms with Crippen LogP contribution < -0.4 is 0 Å². The largest absolute Gasteiger partial charge is 0.248 e. The number of halogens is 1. The van der Waals surface area contributed by atoms with Gasteiger partial charge in [-0.05, 0) is 24.1 Å². The second-order valence-corrected chi connectivity index (χ2v) is 3.60. The van der Waals surface area contributed by atoms with Gasteiger partial charge in [-0.2, -0.15) is 0 Å². The Hall–Kier alpha value is -1.35. The molecule has 0 aliphatic heterocycles. The minimum absolute atomic E-state index is 0.666. The second-order valence-electron chi connectivity index (χ2n) is 3.20. The number of rotatable bonds is 2. The number of nitrogens with zero attached hydrogens (tertiary/aromatic N) is 3. The Balaban J connectivity index is 2.25. The molecule has 72 valence electrons. The third kappa shape index (κ3) is 1.93. The fourth-order valence-corrected chi connectivity index (χ4v) is 1.57. The van der Waals surface area contributed by atoms with Crippen molar-refractivity contribution in [3.8, 4) is 0 Å². The van der Waals surface area contributed by atoms with E-state index in [-0.39, 0.29) is 0 Å². The van der Waals surface area contributed by atoms with Gasteiger partial charge in [-0.3, -0.25) is 0 Å². The van der Waals surface area contributed by atoms with Crippen LogP contribution in [0.5, 0.6) is 0 Å². The van der Waals surface area contributed by atoms with E-state index in [2.05, 4.69) is 10.3 Å². The Kier molecular flexibility index (Phi) is 2.50. The first-order chi connectivity index (χ1) is 6.75. The fourth-order valence-electron chi connectivity index (χ4n) is 1.27. The van der Waals surface area contributed by atoms with Crippen molar-refractivity contribution in [1.82, 2.24) is 15.0 Å². The lowest BCUT2D eigenvalue weighted by Gasteiger charge is -2.04. The highest BCUT2D eigenvalue weighted by molar-refractivity contribution is 6.31. The number of aryl methyl sites for hydroxylation is 1. The first-order valence-electron chi connectivity index (χ1n) is 4.35. The molecule has 0 radical (unpaired) electrons. The first kappa shape index (κ1) is 9.21. The van der Waals surface area contributed by atoms with Crippen LogP contribution in [0, 0.1) is 6.92 Å². The van der Waals surface area contributed by atoms with Gasteiger partial charge in [0.1, 0.15) is 0 Å². The molecule has 0 saturated carbocycles. The van der Waals surface area contributed by atoms with Gasteiger partial charge in [-0.25, -0.2) is 4.68 Å². The zero-order valence-corrected chi connectivity index (χ0v) is 8.57. The number of aromatic nitrogens is 3. The maximum absolute atomic E-state index is 6.08. The topological polar surface area (TPSA) is 30.7 Å². The second kappa shape index (κ2) is 3.80. The lowest BCUT2D eigenvalue weighted by atomic mass is 10.1. The van der Waals surface area contributed by atoms with Crippen LogP contribution in [-0.2, 0) is 6.54 Å². The summed E-state index contributed by atoms with van der Waals surface area (Å²) in [5.41, 5.74) is 2.22. The minimum Gasteiger partial charge on any atom is -0.248 e. The summed E-state index contributed by atoms with van der Waals surface area (Å²) in [5.74, 6) is 0. The van der Waals surface area contributed by atoms with E-state index >= 15 is 0 Å². The zero-order valence-electron chi connectivity index (χ0n) is 7.81. The molecule has 0 atom stereocenters. The van der Waals surface area contributed by atoms with Crippen molar-refractivity contribution in [3.05, 3.63) is 46.7 Å². The molecule has 1 heterocycles. The van der Waals surface area contributed by atoms with E-state index in [4.69, 9.17) is 11.6 Å². The number of hydrogen-bond donors (Lipinski definition) is 0. The smallest absolute Gasteiger partial charge is 0.0693 e. The lowest BCUT2D eigenvalue weighted by Crippen LogP contribution is -2.01. The summed E-state index contributed by atoms with van der Waals surface area (Å²) in [5, 5.41) is 8.40. The average molecular weight is 208 g/mol.